The molecule has 1 heterocycles. The molecule has 174 valence electrons. The van der Waals surface area contributed by atoms with Crippen molar-refractivity contribution < 1.29 is 19.8 Å². The summed E-state index contributed by atoms with van der Waals surface area (Å²) < 4.78 is 0. The van der Waals surface area contributed by atoms with E-state index in [4.69, 9.17) is 23.2 Å². The predicted molar refractivity (Wildman–Crippen MR) is 127 cm³/mol. The van der Waals surface area contributed by atoms with E-state index in [1.54, 1.807) is 17.9 Å². The summed E-state index contributed by atoms with van der Waals surface area (Å²) >= 11 is 12.7. The Labute approximate surface area is 199 Å². The number of nitrogens with zero attached hydrogens (tertiary/aromatic N) is 1. The Bertz CT molecular complexity index is 926. The molecule has 2 unspecified atom stereocenters. The van der Waals surface area contributed by atoms with Gasteiger partial charge >= 0.3 is 5.97 Å². The summed E-state index contributed by atoms with van der Waals surface area (Å²) in [6, 6.07) is 6.73. The molecule has 1 aromatic rings. The van der Waals surface area contributed by atoms with Gasteiger partial charge in [0.15, 0.2) is 0 Å². The fourth-order valence-electron chi connectivity index (χ4n) is 5.06. The molecule has 6 atom stereocenters. The number of aliphatic carboxylic acids is 1. The summed E-state index contributed by atoms with van der Waals surface area (Å²) in [5.41, 5.74) is 0.800. The van der Waals surface area contributed by atoms with Crippen LogP contribution in [0.2, 0.25) is 5.02 Å². The van der Waals surface area contributed by atoms with E-state index in [9.17, 15) is 19.8 Å². The summed E-state index contributed by atoms with van der Waals surface area (Å²) in [4.78, 5) is 27.3. The molecule has 1 fully saturated rings. The zero-order valence-corrected chi connectivity index (χ0v) is 20.2. The third-order valence-electron chi connectivity index (χ3n) is 6.77. The first-order valence-corrected chi connectivity index (χ1v) is 11.9. The van der Waals surface area contributed by atoms with Gasteiger partial charge < -0.3 is 15.1 Å². The van der Waals surface area contributed by atoms with Crippen molar-refractivity contribution in [2.24, 2.45) is 11.3 Å². The van der Waals surface area contributed by atoms with Crippen molar-refractivity contribution in [3.8, 4) is 0 Å². The summed E-state index contributed by atoms with van der Waals surface area (Å²) in [5.74, 6) is -1.36. The zero-order chi connectivity index (χ0) is 23.6. The van der Waals surface area contributed by atoms with E-state index < -0.39 is 17.4 Å². The van der Waals surface area contributed by atoms with Gasteiger partial charge in [0.25, 0.3) is 0 Å². The van der Waals surface area contributed by atoms with Gasteiger partial charge in [-0.3, -0.25) is 9.59 Å². The fraction of sp³-hybridized carbons (Fsp3) is 0.520. The quantitative estimate of drug-likeness (QED) is 0.538. The molecule has 2 aliphatic rings. The number of piperidine rings is 1. The number of amides is 1. The highest BCUT2D eigenvalue weighted by Gasteiger charge is 2.52. The first-order chi connectivity index (χ1) is 15.1. The maximum atomic E-state index is 13.8. The number of carbonyl (C=O) groups excluding carboxylic acids is 1. The van der Waals surface area contributed by atoms with Crippen molar-refractivity contribution in [1.82, 2.24) is 4.90 Å². The van der Waals surface area contributed by atoms with Crippen LogP contribution >= 0.6 is 23.2 Å². The van der Waals surface area contributed by atoms with Crippen LogP contribution in [-0.4, -0.2) is 51.1 Å². The Morgan fingerprint density at radius 1 is 1.38 bits per heavy atom. The molecule has 7 heteroatoms. The number of aliphatic hydroxyl groups is 1. The second-order valence-corrected chi connectivity index (χ2v) is 10.2. The molecule has 1 aliphatic heterocycles. The zero-order valence-electron chi connectivity index (χ0n) is 18.7. The Morgan fingerprint density at radius 3 is 2.66 bits per heavy atom. The van der Waals surface area contributed by atoms with Crippen LogP contribution in [0.15, 0.2) is 48.1 Å². The van der Waals surface area contributed by atoms with Crippen LogP contribution in [0, 0.1) is 11.3 Å². The summed E-state index contributed by atoms with van der Waals surface area (Å²) in [7, 11) is 0. The molecular weight excluding hydrogens is 449 g/mol. The first-order valence-electron chi connectivity index (χ1n) is 11.1. The van der Waals surface area contributed by atoms with E-state index >= 15 is 0 Å². The highest BCUT2D eigenvalue weighted by Crippen LogP contribution is 2.49. The van der Waals surface area contributed by atoms with Gasteiger partial charge in [-0.1, -0.05) is 62.7 Å². The van der Waals surface area contributed by atoms with Gasteiger partial charge in [0.05, 0.1) is 35.9 Å². The van der Waals surface area contributed by atoms with Crippen molar-refractivity contribution in [1.29, 1.82) is 0 Å². The standard InChI is InChI=1S/C25H31Cl2NO4/c1-4-19(14-29)28-23(17-8-9-21(27)15(2)10-17)20(16-6-5-7-18(26)11-16)12-25(3,24(28)32)13-22(30)31/h5-11,15,19-21,23,29H,4,12-14H2,1-3H3,(H,30,31)/t15?,19-,20+,21?,23+,25+/m0/s1. The maximum absolute atomic E-state index is 13.8. The van der Waals surface area contributed by atoms with Crippen LogP contribution in [0.1, 0.15) is 51.5 Å². The van der Waals surface area contributed by atoms with E-state index in [-0.39, 0.29) is 42.2 Å². The largest absolute Gasteiger partial charge is 0.481 e. The summed E-state index contributed by atoms with van der Waals surface area (Å²) in [5, 5.41) is 20.2. The Balaban J connectivity index is 2.21. The second-order valence-electron chi connectivity index (χ2n) is 9.23. The number of aliphatic hydroxyl groups excluding tert-OH is 1. The Hall–Kier alpha value is -1.82. The van der Waals surface area contributed by atoms with E-state index in [1.807, 2.05) is 44.2 Å². The second kappa shape index (κ2) is 9.98. The van der Waals surface area contributed by atoms with Gasteiger partial charge in [-0.25, -0.2) is 0 Å². The first kappa shape index (κ1) is 24.8. The molecule has 0 spiro atoms. The molecule has 3 rings (SSSR count). The third-order valence-corrected chi connectivity index (χ3v) is 7.55. The molecule has 32 heavy (non-hydrogen) atoms. The molecule has 1 aromatic carbocycles. The predicted octanol–water partition coefficient (Wildman–Crippen LogP) is 5.02. The van der Waals surface area contributed by atoms with Gasteiger partial charge in [0.1, 0.15) is 0 Å². The SMILES string of the molecule is CC[C@@H](CO)N1C(=O)[C@@](C)(CC(=O)O)C[C@H](c2cccc(Cl)c2)[C@H]1C1=CC(C)C(Cl)C=C1. The Kier molecular flexibility index (Phi) is 7.74. The number of likely N-dealkylation sites (tertiary alicyclic amines) is 1. The number of alkyl halides is 1. The van der Waals surface area contributed by atoms with E-state index in [0.717, 1.165) is 11.1 Å². The van der Waals surface area contributed by atoms with Crippen LogP contribution in [0.25, 0.3) is 0 Å². The van der Waals surface area contributed by atoms with E-state index in [1.165, 1.54) is 0 Å². The van der Waals surface area contributed by atoms with Crippen LogP contribution in [0.3, 0.4) is 0 Å². The van der Waals surface area contributed by atoms with Crippen LogP contribution < -0.4 is 0 Å². The molecule has 1 aliphatic carbocycles. The van der Waals surface area contributed by atoms with Crippen molar-refractivity contribution in [3.05, 3.63) is 58.7 Å². The van der Waals surface area contributed by atoms with E-state index in [0.29, 0.717) is 17.9 Å². The van der Waals surface area contributed by atoms with Gasteiger partial charge in [-0.2, -0.15) is 0 Å². The van der Waals surface area contributed by atoms with E-state index in [2.05, 4.69) is 6.08 Å². The summed E-state index contributed by atoms with van der Waals surface area (Å²) in [6.45, 7) is 5.47. The lowest BCUT2D eigenvalue weighted by atomic mass is 9.66. The monoisotopic (exact) mass is 479 g/mol. The normalized spacial score (nSPS) is 31.4. The molecule has 0 saturated carbocycles. The maximum Gasteiger partial charge on any atom is 0.304 e. The van der Waals surface area contributed by atoms with Crippen molar-refractivity contribution >= 4 is 35.1 Å². The minimum Gasteiger partial charge on any atom is -0.481 e. The van der Waals surface area contributed by atoms with Crippen LogP contribution in [-0.2, 0) is 9.59 Å². The fourth-order valence-corrected chi connectivity index (χ4v) is 5.41. The van der Waals surface area contributed by atoms with Crippen LogP contribution in [0.5, 0.6) is 0 Å². The number of carboxylic acid groups (broad SMARTS) is 1. The molecule has 0 radical (unpaired) electrons. The van der Waals surface area contributed by atoms with Crippen molar-refractivity contribution in [2.45, 2.75) is 63.4 Å². The lowest BCUT2D eigenvalue weighted by Gasteiger charge is -2.52. The number of carboxylic acids is 1. The molecular formula is C25H31Cl2NO4. The number of carbonyl (C=O) groups is 2. The molecule has 2 N–H and O–H groups in total. The highest BCUT2D eigenvalue weighted by molar-refractivity contribution is 6.30. The topological polar surface area (TPSA) is 77.8 Å². The number of rotatable bonds is 7. The minimum absolute atomic E-state index is 0.0789. The number of hydrogen-bond donors (Lipinski definition) is 2. The lowest BCUT2D eigenvalue weighted by molar-refractivity contribution is -0.159. The van der Waals surface area contributed by atoms with Gasteiger partial charge in [-0.15, -0.1) is 11.6 Å². The van der Waals surface area contributed by atoms with Gasteiger partial charge in [-0.05, 0) is 42.0 Å². The van der Waals surface area contributed by atoms with Gasteiger partial charge in [0.2, 0.25) is 5.91 Å². The Morgan fingerprint density at radius 2 is 2.09 bits per heavy atom. The number of allylic oxidation sites excluding steroid dienone is 2. The highest BCUT2D eigenvalue weighted by atomic mass is 35.5. The molecule has 0 bridgehead atoms. The van der Waals surface area contributed by atoms with Crippen LogP contribution in [0.4, 0.5) is 0 Å². The molecule has 5 nitrogen and oxygen atoms in total. The van der Waals surface area contributed by atoms with Crippen molar-refractivity contribution in [2.75, 3.05) is 6.61 Å². The average molecular weight is 480 g/mol. The van der Waals surface area contributed by atoms with Crippen molar-refractivity contribution in [3.63, 3.8) is 0 Å². The lowest BCUT2D eigenvalue weighted by Crippen LogP contribution is -2.61. The third kappa shape index (κ3) is 4.90. The number of hydrogen-bond acceptors (Lipinski definition) is 3. The number of halogens is 2. The summed E-state index contributed by atoms with van der Waals surface area (Å²) in [6.07, 6.45) is 6.63. The average Bonchev–Trinajstić information content (AvgIpc) is 2.73. The molecule has 1 saturated heterocycles. The molecule has 1 amide bonds. The minimum atomic E-state index is -1.10. The number of benzene rings is 1. The molecule has 0 aromatic heterocycles. The van der Waals surface area contributed by atoms with Gasteiger partial charge in [0, 0.05) is 10.9 Å². The smallest absolute Gasteiger partial charge is 0.304 e.